The van der Waals surface area contributed by atoms with Gasteiger partial charge in [0.2, 0.25) is 0 Å². The zero-order valence-electron chi connectivity index (χ0n) is 12.6. The summed E-state index contributed by atoms with van der Waals surface area (Å²) in [4.78, 5) is 4.21. The molecule has 1 atom stereocenters. The molecule has 0 saturated heterocycles. The Balaban J connectivity index is 0.00000441. The van der Waals surface area contributed by atoms with Crippen LogP contribution in [0.5, 0.6) is 5.75 Å². The van der Waals surface area contributed by atoms with Gasteiger partial charge in [-0.25, -0.2) is 0 Å². The van der Waals surface area contributed by atoms with Crippen molar-refractivity contribution in [1.29, 1.82) is 0 Å². The minimum atomic E-state index is 0. The van der Waals surface area contributed by atoms with E-state index in [1.54, 1.807) is 25.3 Å². The van der Waals surface area contributed by atoms with Crippen LogP contribution in [-0.2, 0) is 4.74 Å². The molecular weight excluding hydrogens is 440 g/mol. The van der Waals surface area contributed by atoms with Crippen molar-refractivity contribution in [1.82, 2.24) is 5.32 Å². The number of ether oxygens (including phenoxy) is 2. The average molecular weight is 462 g/mol. The van der Waals surface area contributed by atoms with Gasteiger partial charge >= 0.3 is 0 Å². The van der Waals surface area contributed by atoms with Gasteiger partial charge in [0, 0.05) is 31.1 Å². The number of nitrogens with two attached hydrogens (primary N) is 1. The van der Waals surface area contributed by atoms with E-state index in [0.29, 0.717) is 41.5 Å². The minimum Gasteiger partial charge on any atom is -0.492 e. The van der Waals surface area contributed by atoms with E-state index >= 15 is 0 Å². The summed E-state index contributed by atoms with van der Waals surface area (Å²) in [5, 5.41) is 4.12. The minimum absolute atomic E-state index is 0. The summed E-state index contributed by atoms with van der Waals surface area (Å²) in [5.74, 6) is 1.02. The Labute approximate surface area is 158 Å². The lowest BCUT2D eigenvalue weighted by Gasteiger charge is -2.13. The zero-order chi connectivity index (χ0) is 15.7. The Bertz CT molecular complexity index is 475. The Morgan fingerprint density at radius 1 is 1.41 bits per heavy atom. The van der Waals surface area contributed by atoms with Crippen molar-refractivity contribution in [3.05, 3.63) is 28.2 Å². The van der Waals surface area contributed by atoms with Crippen LogP contribution in [0.1, 0.15) is 13.3 Å². The molecule has 0 aliphatic carbocycles. The van der Waals surface area contributed by atoms with Crippen LogP contribution >= 0.6 is 47.2 Å². The molecule has 1 rings (SSSR count). The molecular formula is C14H22Cl2IN3O2. The van der Waals surface area contributed by atoms with Crippen molar-refractivity contribution in [3.8, 4) is 5.75 Å². The third-order valence-corrected chi connectivity index (χ3v) is 3.08. The first kappa shape index (κ1) is 21.6. The van der Waals surface area contributed by atoms with Crippen molar-refractivity contribution in [2.24, 2.45) is 10.7 Å². The first-order valence-electron chi connectivity index (χ1n) is 6.66. The molecule has 0 radical (unpaired) electrons. The molecule has 126 valence electrons. The van der Waals surface area contributed by atoms with E-state index in [4.69, 9.17) is 38.4 Å². The maximum absolute atomic E-state index is 6.00. The van der Waals surface area contributed by atoms with E-state index in [1.807, 2.05) is 6.92 Å². The summed E-state index contributed by atoms with van der Waals surface area (Å²) >= 11 is 11.8. The third-order valence-electron chi connectivity index (χ3n) is 2.55. The fraction of sp³-hybridized carbons (Fsp3) is 0.500. The lowest BCUT2D eigenvalue weighted by atomic mass is 10.3. The van der Waals surface area contributed by atoms with Crippen LogP contribution in [0.2, 0.25) is 10.0 Å². The molecule has 0 bridgehead atoms. The van der Waals surface area contributed by atoms with Gasteiger partial charge in [-0.15, -0.1) is 24.0 Å². The number of nitrogens with one attached hydrogen (secondary N) is 1. The number of rotatable bonds is 8. The predicted molar refractivity (Wildman–Crippen MR) is 103 cm³/mol. The van der Waals surface area contributed by atoms with Gasteiger partial charge in [-0.2, -0.15) is 0 Å². The second kappa shape index (κ2) is 12.0. The van der Waals surface area contributed by atoms with E-state index in [1.165, 1.54) is 0 Å². The highest BCUT2D eigenvalue weighted by Gasteiger charge is 2.03. The van der Waals surface area contributed by atoms with Crippen LogP contribution < -0.4 is 15.8 Å². The molecule has 0 aromatic heterocycles. The molecule has 0 fully saturated rings. The highest BCUT2D eigenvalue weighted by Crippen LogP contribution is 2.27. The molecule has 3 N–H and O–H groups in total. The average Bonchev–Trinajstić information content (AvgIpc) is 2.40. The number of halogens is 3. The maximum Gasteiger partial charge on any atom is 0.188 e. The van der Waals surface area contributed by atoms with E-state index in [2.05, 4.69) is 10.3 Å². The van der Waals surface area contributed by atoms with Gasteiger partial charge < -0.3 is 20.5 Å². The van der Waals surface area contributed by atoms with Gasteiger partial charge in [0.05, 0.1) is 18.2 Å². The SMILES string of the molecule is COCC(C)NC(N)=NCCCOc1ccc(Cl)cc1Cl.I. The zero-order valence-corrected chi connectivity index (χ0v) is 16.5. The molecule has 0 aliphatic rings. The molecule has 0 spiro atoms. The maximum atomic E-state index is 6.00. The lowest BCUT2D eigenvalue weighted by Crippen LogP contribution is -2.40. The van der Waals surface area contributed by atoms with E-state index in [-0.39, 0.29) is 30.0 Å². The van der Waals surface area contributed by atoms with E-state index in [9.17, 15) is 0 Å². The Morgan fingerprint density at radius 3 is 2.77 bits per heavy atom. The molecule has 8 heteroatoms. The summed E-state index contributed by atoms with van der Waals surface area (Å²) in [6, 6.07) is 5.26. The summed E-state index contributed by atoms with van der Waals surface area (Å²) in [7, 11) is 1.64. The molecule has 1 unspecified atom stereocenters. The molecule has 1 aromatic carbocycles. The second-order valence-electron chi connectivity index (χ2n) is 4.54. The summed E-state index contributed by atoms with van der Waals surface area (Å²) in [6.45, 7) is 3.63. The van der Waals surface area contributed by atoms with Crippen LogP contribution in [-0.4, -0.2) is 38.9 Å². The summed E-state index contributed by atoms with van der Waals surface area (Å²) < 4.78 is 10.6. The van der Waals surface area contributed by atoms with Gasteiger partial charge in [-0.3, -0.25) is 4.99 Å². The first-order valence-corrected chi connectivity index (χ1v) is 7.41. The van der Waals surface area contributed by atoms with E-state index < -0.39 is 0 Å². The molecule has 1 aromatic rings. The van der Waals surface area contributed by atoms with Crippen LogP contribution in [0, 0.1) is 0 Å². The number of aliphatic imine (C=N–C) groups is 1. The van der Waals surface area contributed by atoms with Gasteiger partial charge in [0.25, 0.3) is 0 Å². The number of guanidine groups is 1. The number of hydrogen-bond donors (Lipinski definition) is 2. The van der Waals surface area contributed by atoms with Crippen LogP contribution in [0.3, 0.4) is 0 Å². The van der Waals surface area contributed by atoms with Gasteiger partial charge in [0.1, 0.15) is 5.75 Å². The van der Waals surface area contributed by atoms with Crippen LogP contribution in [0.25, 0.3) is 0 Å². The molecule has 5 nitrogen and oxygen atoms in total. The smallest absolute Gasteiger partial charge is 0.188 e. The highest BCUT2D eigenvalue weighted by molar-refractivity contribution is 14.0. The fourth-order valence-electron chi connectivity index (χ4n) is 1.63. The van der Waals surface area contributed by atoms with Crippen molar-refractivity contribution >= 4 is 53.1 Å². The Kier molecular flexibility index (Phi) is 11.8. The van der Waals surface area contributed by atoms with Crippen molar-refractivity contribution < 1.29 is 9.47 Å². The van der Waals surface area contributed by atoms with E-state index in [0.717, 1.165) is 6.42 Å². The third kappa shape index (κ3) is 8.87. The second-order valence-corrected chi connectivity index (χ2v) is 5.39. The van der Waals surface area contributed by atoms with Crippen molar-refractivity contribution in [2.45, 2.75) is 19.4 Å². The Hall–Kier alpha value is -0.440. The highest BCUT2D eigenvalue weighted by atomic mass is 127. The molecule has 0 saturated carbocycles. The van der Waals surface area contributed by atoms with Gasteiger partial charge in [0.15, 0.2) is 5.96 Å². The molecule has 22 heavy (non-hydrogen) atoms. The number of hydrogen-bond acceptors (Lipinski definition) is 3. The van der Waals surface area contributed by atoms with Crippen molar-refractivity contribution in [2.75, 3.05) is 26.9 Å². The van der Waals surface area contributed by atoms with Gasteiger partial charge in [-0.1, -0.05) is 23.2 Å². The van der Waals surface area contributed by atoms with Crippen LogP contribution in [0.4, 0.5) is 0 Å². The van der Waals surface area contributed by atoms with Crippen molar-refractivity contribution in [3.63, 3.8) is 0 Å². The Morgan fingerprint density at radius 2 is 2.14 bits per heavy atom. The number of nitrogens with zero attached hydrogens (tertiary/aromatic N) is 1. The quantitative estimate of drug-likeness (QED) is 0.269. The summed E-state index contributed by atoms with van der Waals surface area (Å²) in [5.41, 5.74) is 5.75. The van der Waals surface area contributed by atoms with Crippen LogP contribution in [0.15, 0.2) is 23.2 Å². The standard InChI is InChI=1S/C14H21Cl2N3O2.HI/c1-10(9-20-2)19-14(17)18-6-3-7-21-13-5-4-11(15)8-12(13)16;/h4-5,8,10H,3,6-7,9H2,1-2H3,(H3,17,18,19);1H. The molecule has 0 aliphatic heterocycles. The molecule has 0 heterocycles. The lowest BCUT2D eigenvalue weighted by molar-refractivity contribution is 0.179. The number of methoxy groups -OCH3 is 1. The largest absolute Gasteiger partial charge is 0.492 e. The summed E-state index contributed by atoms with van der Waals surface area (Å²) in [6.07, 6.45) is 0.736. The number of benzene rings is 1. The first-order chi connectivity index (χ1) is 10.0. The normalized spacial score (nSPS) is 12.5. The topological polar surface area (TPSA) is 68.9 Å². The van der Waals surface area contributed by atoms with Gasteiger partial charge in [-0.05, 0) is 25.1 Å². The monoisotopic (exact) mass is 461 g/mol. The predicted octanol–water partition coefficient (Wildman–Crippen LogP) is 3.32. The molecule has 0 amide bonds. The fourth-order valence-corrected chi connectivity index (χ4v) is 2.09.